The second-order valence-electron chi connectivity index (χ2n) is 11.1. The summed E-state index contributed by atoms with van der Waals surface area (Å²) in [4.78, 5) is 60.5. The van der Waals surface area contributed by atoms with E-state index < -0.39 is 5.91 Å². The molecule has 2 aliphatic rings. The fraction of sp³-hybridized carbons (Fsp3) is 0.452. The summed E-state index contributed by atoms with van der Waals surface area (Å²) in [5.41, 5.74) is 0.881. The molecule has 1 aliphatic carbocycles. The van der Waals surface area contributed by atoms with Crippen LogP contribution in [0.5, 0.6) is 0 Å². The third-order valence-electron chi connectivity index (χ3n) is 8.20. The first-order valence-corrected chi connectivity index (χ1v) is 15.0. The number of likely N-dealkylation sites (tertiary alicyclic amines) is 1. The molecule has 0 radical (unpaired) electrons. The number of nitrogens with one attached hydrogen (secondary N) is 2. The van der Waals surface area contributed by atoms with E-state index in [1.165, 1.54) is 11.1 Å². The van der Waals surface area contributed by atoms with E-state index in [-0.39, 0.29) is 46.8 Å². The van der Waals surface area contributed by atoms with Crippen LogP contribution in [0, 0.1) is 11.8 Å². The van der Waals surface area contributed by atoms with Gasteiger partial charge in [-0.1, -0.05) is 11.6 Å². The van der Waals surface area contributed by atoms with Gasteiger partial charge in [-0.2, -0.15) is 0 Å². The van der Waals surface area contributed by atoms with Crippen LogP contribution in [0.25, 0.3) is 11.0 Å². The zero-order valence-electron chi connectivity index (χ0n) is 24.4. The molecule has 2 fully saturated rings. The maximum Gasteiger partial charge on any atom is 0.294 e. The highest BCUT2D eigenvalue weighted by Gasteiger charge is 2.34. The van der Waals surface area contributed by atoms with E-state index in [1.807, 2.05) is 4.90 Å². The van der Waals surface area contributed by atoms with E-state index in [1.54, 1.807) is 44.5 Å². The number of amides is 4. The first-order valence-electron chi connectivity index (χ1n) is 14.6. The third kappa shape index (κ3) is 7.00. The standard InChI is InChI=1S/C31H36ClN5O6/c1-36(15-16-42-2)30(40)21-9-11-24-23(17-21)26(27(43-24)29(39)34-25-12-10-22(32)18-33-25)35-28(38)19-5-7-20(8-6-19)31(41)37-13-3-4-14-37/h9-12,17-20H,3-8,13-16H2,1-2H3,(H,35,38)(H,33,34,39). The molecule has 1 saturated heterocycles. The van der Waals surface area contributed by atoms with Crippen LogP contribution in [0.3, 0.4) is 0 Å². The minimum atomic E-state index is -0.619. The van der Waals surface area contributed by atoms with Gasteiger partial charge < -0.3 is 29.6 Å². The number of rotatable bonds is 9. The molecule has 2 aromatic heterocycles. The van der Waals surface area contributed by atoms with Gasteiger partial charge in [-0.05, 0) is 68.9 Å². The zero-order chi connectivity index (χ0) is 30.5. The van der Waals surface area contributed by atoms with Gasteiger partial charge in [0.15, 0.2) is 0 Å². The summed E-state index contributed by atoms with van der Waals surface area (Å²) in [5, 5.41) is 6.45. The fourth-order valence-corrected chi connectivity index (χ4v) is 5.82. The van der Waals surface area contributed by atoms with E-state index in [0.29, 0.717) is 60.4 Å². The number of nitrogens with zero attached hydrogens (tertiary/aromatic N) is 3. The van der Waals surface area contributed by atoms with Crippen LogP contribution in [0.1, 0.15) is 59.4 Å². The van der Waals surface area contributed by atoms with Crippen molar-refractivity contribution in [2.75, 3.05) is 51.0 Å². The van der Waals surface area contributed by atoms with E-state index >= 15 is 0 Å². The van der Waals surface area contributed by atoms with E-state index in [2.05, 4.69) is 15.6 Å². The number of hydrogen-bond acceptors (Lipinski definition) is 7. The smallest absolute Gasteiger partial charge is 0.294 e. The molecule has 2 N–H and O–H groups in total. The van der Waals surface area contributed by atoms with Crippen molar-refractivity contribution in [3.05, 3.63) is 52.9 Å². The molecule has 12 heteroatoms. The van der Waals surface area contributed by atoms with Crippen LogP contribution in [-0.2, 0) is 14.3 Å². The Morgan fingerprint density at radius 2 is 1.77 bits per heavy atom. The van der Waals surface area contributed by atoms with Crippen molar-refractivity contribution >= 4 is 57.7 Å². The van der Waals surface area contributed by atoms with Gasteiger partial charge in [-0.15, -0.1) is 0 Å². The minimum Gasteiger partial charge on any atom is -0.449 e. The summed E-state index contributed by atoms with van der Waals surface area (Å²) < 4.78 is 11.0. The molecule has 5 rings (SSSR count). The lowest BCUT2D eigenvalue weighted by Crippen LogP contribution is -2.37. The lowest BCUT2D eigenvalue weighted by molar-refractivity contribution is -0.136. The van der Waals surface area contributed by atoms with Crippen LogP contribution in [0.4, 0.5) is 11.5 Å². The summed E-state index contributed by atoms with van der Waals surface area (Å²) in [6, 6.07) is 7.98. The highest BCUT2D eigenvalue weighted by atomic mass is 35.5. The number of benzene rings is 1. The van der Waals surface area contributed by atoms with Gasteiger partial charge >= 0.3 is 0 Å². The average molecular weight is 610 g/mol. The van der Waals surface area contributed by atoms with Gasteiger partial charge in [-0.25, -0.2) is 4.98 Å². The highest BCUT2D eigenvalue weighted by Crippen LogP contribution is 2.36. The molecule has 0 bridgehead atoms. The number of furan rings is 1. The highest BCUT2D eigenvalue weighted by molar-refractivity contribution is 6.30. The van der Waals surface area contributed by atoms with Gasteiger partial charge in [0.05, 0.1) is 11.6 Å². The first kappa shape index (κ1) is 30.5. The number of carbonyl (C=O) groups is 4. The summed E-state index contributed by atoms with van der Waals surface area (Å²) in [6.07, 6.45) is 5.91. The summed E-state index contributed by atoms with van der Waals surface area (Å²) in [7, 11) is 3.24. The number of aromatic nitrogens is 1. The number of halogens is 1. The molecule has 43 heavy (non-hydrogen) atoms. The quantitative estimate of drug-likeness (QED) is 0.355. The van der Waals surface area contributed by atoms with Crippen molar-refractivity contribution in [3.8, 4) is 0 Å². The molecule has 228 valence electrons. The predicted molar refractivity (Wildman–Crippen MR) is 162 cm³/mol. The van der Waals surface area contributed by atoms with Crippen molar-refractivity contribution in [1.29, 1.82) is 0 Å². The number of anilines is 2. The number of fused-ring (bicyclic) bond motifs is 1. The molecule has 0 spiro atoms. The van der Waals surface area contributed by atoms with Crippen LogP contribution < -0.4 is 10.6 Å². The minimum absolute atomic E-state index is 0.0613. The Labute approximate surface area is 254 Å². The van der Waals surface area contributed by atoms with Crippen molar-refractivity contribution in [1.82, 2.24) is 14.8 Å². The maximum absolute atomic E-state index is 13.6. The van der Waals surface area contributed by atoms with Gasteiger partial charge in [0, 0.05) is 62.8 Å². The molecule has 3 aromatic rings. The molecular formula is C31H36ClN5O6. The van der Waals surface area contributed by atoms with E-state index in [9.17, 15) is 19.2 Å². The summed E-state index contributed by atoms with van der Waals surface area (Å²) in [5.74, 6) is -1.18. The Bertz CT molecular complexity index is 1490. The van der Waals surface area contributed by atoms with Crippen molar-refractivity contribution in [2.45, 2.75) is 38.5 Å². The molecule has 11 nitrogen and oxygen atoms in total. The number of ether oxygens (including phenoxy) is 1. The Morgan fingerprint density at radius 1 is 1.05 bits per heavy atom. The van der Waals surface area contributed by atoms with Crippen LogP contribution in [-0.4, -0.2) is 78.8 Å². The molecule has 0 unspecified atom stereocenters. The lowest BCUT2D eigenvalue weighted by atomic mass is 9.81. The number of methoxy groups -OCH3 is 1. The molecule has 1 saturated carbocycles. The molecule has 0 atom stereocenters. The maximum atomic E-state index is 13.6. The number of pyridine rings is 1. The van der Waals surface area contributed by atoms with E-state index in [0.717, 1.165) is 25.9 Å². The Morgan fingerprint density at radius 3 is 2.44 bits per heavy atom. The molecule has 1 aromatic carbocycles. The zero-order valence-corrected chi connectivity index (χ0v) is 25.1. The Hall–Kier alpha value is -3.96. The van der Waals surface area contributed by atoms with Crippen molar-refractivity contribution < 1.29 is 28.3 Å². The second kappa shape index (κ2) is 13.6. The number of carbonyl (C=O) groups excluding carboxylic acids is 4. The molecule has 4 amide bonds. The van der Waals surface area contributed by atoms with Crippen LogP contribution >= 0.6 is 11.6 Å². The summed E-state index contributed by atoms with van der Waals surface area (Å²) in [6.45, 7) is 2.41. The predicted octanol–water partition coefficient (Wildman–Crippen LogP) is 4.82. The molecular weight excluding hydrogens is 574 g/mol. The van der Waals surface area contributed by atoms with Crippen LogP contribution in [0.15, 0.2) is 40.9 Å². The normalized spacial score (nSPS) is 18.4. The number of hydrogen-bond donors (Lipinski definition) is 2. The first-order chi connectivity index (χ1) is 20.7. The van der Waals surface area contributed by atoms with Gasteiger partial charge in [-0.3, -0.25) is 19.2 Å². The number of likely N-dealkylation sites (N-methyl/N-ethyl adjacent to an activating group) is 1. The SMILES string of the molecule is COCCN(C)C(=O)c1ccc2oc(C(=O)Nc3ccc(Cl)cn3)c(NC(=O)C3CCC(C(=O)N4CCCC4)CC3)c2c1. The monoisotopic (exact) mass is 609 g/mol. The second-order valence-corrected chi connectivity index (χ2v) is 11.6. The Kier molecular flexibility index (Phi) is 9.62. The third-order valence-corrected chi connectivity index (χ3v) is 8.42. The van der Waals surface area contributed by atoms with Gasteiger partial charge in [0.25, 0.3) is 11.8 Å². The average Bonchev–Trinajstić information content (AvgIpc) is 3.69. The molecule has 1 aliphatic heterocycles. The Balaban J connectivity index is 1.38. The topological polar surface area (TPSA) is 134 Å². The van der Waals surface area contributed by atoms with Gasteiger partial charge in [0.2, 0.25) is 17.6 Å². The van der Waals surface area contributed by atoms with Crippen molar-refractivity contribution in [3.63, 3.8) is 0 Å². The molecule has 3 heterocycles. The summed E-state index contributed by atoms with van der Waals surface area (Å²) >= 11 is 5.92. The van der Waals surface area contributed by atoms with Crippen molar-refractivity contribution in [2.24, 2.45) is 11.8 Å². The fourth-order valence-electron chi connectivity index (χ4n) is 5.71. The van der Waals surface area contributed by atoms with E-state index in [4.69, 9.17) is 20.8 Å². The van der Waals surface area contributed by atoms with Crippen LogP contribution in [0.2, 0.25) is 5.02 Å². The largest absolute Gasteiger partial charge is 0.449 e. The van der Waals surface area contributed by atoms with Gasteiger partial charge in [0.1, 0.15) is 17.1 Å². The lowest BCUT2D eigenvalue weighted by Gasteiger charge is -2.29.